The maximum Gasteiger partial charge on any atom is 0.207 e. The van der Waals surface area contributed by atoms with Crippen molar-refractivity contribution in [3.05, 3.63) is 138 Å². The summed E-state index contributed by atoms with van der Waals surface area (Å²) in [5, 5.41) is 0. The quantitative estimate of drug-likeness (QED) is 0.108. The Morgan fingerprint density at radius 2 is 1.09 bits per heavy atom. The molecule has 4 nitrogen and oxygen atoms in total. The number of nitrogens with zero attached hydrogens (tertiary/aromatic N) is 4. The Morgan fingerprint density at radius 3 is 1.57 bits per heavy atom. The first kappa shape index (κ1) is 34.3. The predicted octanol–water partition coefficient (Wildman–Crippen LogP) is 9.12. The Hall–Kier alpha value is -4.57. The molecule has 1 aliphatic carbocycles. The van der Waals surface area contributed by atoms with Gasteiger partial charge in [-0.25, -0.2) is 4.58 Å². The molecule has 3 aromatic carbocycles. The van der Waals surface area contributed by atoms with Gasteiger partial charge in [0.25, 0.3) is 0 Å². The van der Waals surface area contributed by atoms with Crippen LogP contribution in [0.5, 0.6) is 0 Å². The average molecular weight is 614 g/mol. The predicted molar refractivity (Wildman–Crippen MR) is 204 cm³/mol. The van der Waals surface area contributed by atoms with E-state index in [1.54, 1.807) is 0 Å². The molecule has 4 rings (SSSR count). The van der Waals surface area contributed by atoms with E-state index in [0.717, 1.165) is 6.54 Å². The molecule has 0 unspecified atom stereocenters. The monoisotopic (exact) mass is 613 g/mol. The van der Waals surface area contributed by atoms with E-state index in [4.69, 9.17) is 0 Å². The van der Waals surface area contributed by atoms with Crippen molar-refractivity contribution in [2.45, 2.75) is 32.6 Å². The van der Waals surface area contributed by atoms with Crippen LogP contribution in [0.2, 0.25) is 0 Å². The van der Waals surface area contributed by atoms with Crippen LogP contribution in [-0.4, -0.2) is 66.2 Å². The zero-order valence-corrected chi connectivity index (χ0v) is 29.3. The summed E-state index contributed by atoms with van der Waals surface area (Å²) < 4.78 is 2.42. The lowest BCUT2D eigenvalue weighted by molar-refractivity contribution is -0.496. The highest BCUT2D eigenvalue weighted by atomic mass is 15.1. The van der Waals surface area contributed by atoms with Crippen molar-refractivity contribution in [2.24, 2.45) is 0 Å². The SMILES string of the molecule is CCCCCC[N+](C)=C1C=CC=CC1=C(C=CC=C(c1ccc(N(C)C)cc1)c1ccc(N(C)C)cc1)c1ccc(N(C)C)cc1. The van der Waals surface area contributed by atoms with Crippen LogP contribution in [-0.2, 0) is 0 Å². The molecule has 0 amide bonds. The van der Waals surface area contributed by atoms with Gasteiger partial charge in [0.15, 0.2) is 0 Å². The molecular formula is C42H53N4+. The molecule has 0 saturated heterocycles. The van der Waals surface area contributed by atoms with Gasteiger partial charge in [-0.15, -0.1) is 0 Å². The van der Waals surface area contributed by atoms with Crippen LogP contribution in [0.25, 0.3) is 11.1 Å². The third-order valence-electron chi connectivity index (χ3n) is 8.56. The van der Waals surface area contributed by atoms with E-state index < -0.39 is 0 Å². The number of benzene rings is 3. The van der Waals surface area contributed by atoms with Gasteiger partial charge in [0.2, 0.25) is 5.71 Å². The molecule has 0 N–H and O–H groups in total. The van der Waals surface area contributed by atoms with Crippen molar-refractivity contribution < 1.29 is 4.58 Å². The van der Waals surface area contributed by atoms with Crippen LogP contribution in [0.1, 0.15) is 49.3 Å². The average Bonchev–Trinajstić information content (AvgIpc) is 3.07. The zero-order valence-electron chi connectivity index (χ0n) is 29.3. The van der Waals surface area contributed by atoms with E-state index in [9.17, 15) is 0 Å². The highest BCUT2D eigenvalue weighted by Crippen LogP contribution is 2.30. The lowest BCUT2D eigenvalue weighted by Gasteiger charge is -2.16. The molecule has 1 aliphatic rings. The second-order valence-corrected chi connectivity index (χ2v) is 12.7. The van der Waals surface area contributed by atoms with E-state index in [1.807, 2.05) is 0 Å². The van der Waals surface area contributed by atoms with Crippen LogP contribution >= 0.6 is 0 Å². The Balaban J connectivity index is 1.83. The van der Waals surface area contributed by atoms with Crippen LogP contribution in [0, 0.1) is 0 Å². The van der Waals surface area contributed by atoms with E-state index in [-0.39, 0.29) is 0 Å². The van der Waals surface area contributed by atoms with E-state index >= 15 is 0 Å². The number of hydrogen-bond donors (Lipinski definition) is 0. The van der Waals surface area contributed by atoms with Crippen molar-refractivity contribution in [2.75, 3.05) is 70.6 Å². The summed E-state index contributed by atoms with van der Waals surface area (Å²) in [6, 6.07) is 26.6. The topological polar surface area (TPSA) is 12.7 Å². The number of allylic oxidation sites excluding steroid dienone is 9. The van der Waals surface area contributed by atoms with Gasteiger partial charge in [-0.05, 0) is 76.7 Å². The maximum atomic E-state index is 2.42. The van der Waals surface area contributed by atoms with Gasteiger partial charge >= 0.3 is 0 Å². The van der Waals surface area contributed by atoms with Gasteiger partial charge in [0, 0.05) is 71.8 Å². The fraction of sp³-hybridized carbons (Fsp3) is 0.310. The second-order valence-electron chi connectivity index (χ2n) is 12.7. The summed E-state index contributed by atoms with van der Waals surface area (Å²) in [5.41, 5.74) is 12.1. The highest BCUT2D eigenvalue weighted by Gasteiger charge is 2.19. The number of unbranched alkanes of at least 4 members (excludes halogenated alkanes) is 3. The Bertz CT molecular complexity index is 1550. The smallest absolute Gasteiger partial charge is 0.207 e. The van der Waals surface area contributed by atoms with Crippen molar-refractivity contribution in [3.63, 3.8) is 0 Å². The maximum absolute atomic E-state index is 2.42. The van der Waals surface area contributed by atoms with E-state index in [0.29, 0.717) is 0 Å². The Kier molecular flexibility index (Phi) is 12.4. The highest BCUT2D eigenvalue weighted by molar-refractivity contribution is 6.14. The van der Waals surface area contributed by atoms with Gasteiger partial charge in [-0.2, -0.15) is 0 Å². The first-order valence-corrected chi connectivity index (χ1v) is 16.6. The summed E-state index contributed by atoms with van der Waals surface area (Å²) in [6.45, 7) is 3.31. The van der Waals surface area contributed by atoms with E-state index in [1.165, 1.54) is 81.9 Å². The number of rotatable bonds is 13. The molecule has 0 spiro atoms. The number of hydrogen-bond acceptors (Lipinski definition) is 3. The lowest BCUT2D eigenvalue weighted by Crippen LogP contribution is -2.20. The molecule has 0 aliphatic heterocycles. The third kappa shape index (κ3) is 9.00. The van der Waals surface area contributed by atoms with E-state index in [2.05, 4.69) is 191 Å². The van der Waals surface area contributed by atoms with Crippen molar-refractivity contribution in [1.82, 2.24) is 0 Å². The summed E-state index contributed by atoms with van der Waals surface area (Å²) in [5.74, 6) is 0. The Morgan fingerprint density at radius 1 is 0.609 bits per heavy atom. The largest absolute Gasteiger partial charge is 0.378 e. The molecule has 4 heteroatoms. The van der Waals surface area contributed by atoms with Gasteiger partial charge in [0.05, 0.1) is 5.57 Å². The fourth-order valence-electron chi connectivity index (χ4n) is 5.69. The molecule has 0 saturated carbocycles. The second kappa shape index (κ2) is 16.7. The minimum atomic E-state index is 1.05. The van der Waals surface area contributed by atoms with Crippen LogP contribution in [0.3, 0.4) is 0 Å². The van der Waals surface area contributed by atoms with Gasteiger partial charge < -0.3 is 14.7 Å². The summed E-state index contributed by atoms with van der Waals surface area (Å²) >= 11 is 0. The summed E-state index contributed by atoms with van der Waals surface area (Å²) in [4.78, 5) is 6.43. The minimum absolute atomic E-state index is 1.05. The zero-order chi connectivity index (χ0) is 33.1. The van der Waals surface area contributed by atoms with Crippen LogP contribution in [0.4, 0.5) is 17.1 Å². The summed E-state index contributed by atoms with van der Waals surface area (Å²) in [6.07, 6.45) is 20.6. The molecule has 0 aromatic heterocycles. The molecule has 0 atom stereocenters. The van der Waals surface area contributed by atoms with Crippen LogP contribution in [0.15, 0.2) is 121 Å². The molecule has 240 valence electrons. The fourth-order valence-corrected chi connectivity index (χ4v) is 5.69. The first-order chi connectivity index (χ1) is 22.2. The number of anilines is 3. The first-order valence-electron chi connectivity index (χ1n) is 16.6. The van der Waals surface area contributed by atoms with Crippen molar-refractivity contribution in [1.29, 1.82) is 0 Å². The Labute approximate surface area is 278 Å². The minimum Gasteiger partial charge on any atom is -0.378 e. The molecule has 0 heterocycles. The van der Waals surface area contributed by atoms with Gasteiger partial charge in [0.1, 0.15) is 13.6 Å². The molecule has 0 radical (unpaired) electrons. The van der Waals surface area contributed by atoms with Crippen molar-refractivity contribution in [3.8, 4) is 0 Å². The van der Waals surface area contributed by atoms with Gasteiger partial charge in [-0.1, -0.05) is 86.5 Å². The molecular weight excluding hydrogens is 560 g/mol. The third-order valence-corrected chi connectivity index (χ3v) is 8.56. The van der Waals surface area contributed by atoms with Crippen molar-refractivity contribution >= 4 is 33.9 Å². The van der Waals surface area contributed by atoms with Crippen LogP contribution < -0.4 is 14.7 Å². The standard InChI is InChI=1S/C42H53N4/c1-9-10-11-14-32-46(8)42-19-13-12-16-41(42)40(35-24-30-38(31-25-35)45(6)7)18-15-17-39(33-20-26-36(27-21-33)43(2)3)34-22-28-37(29-23-34)44(4)5/h12-13,15-31H,9-11,14,32H2,1-8H3/q+1. The lowest BCUT2D eigenvalue weighted by atomic mass is 9.92. The summed E-state index contributed by atoms with van der Waals surface area (Å²) in [7, 11) is 14.7. The molecule has 3 aromatic rings. The van der Waals surface area contributed by atoms with Gasteiger partial charge in [-0.3, -0.25) is 0 Å². The molecule has 46 heavy (non-hydrogen) atoms. The normalized spacial score (nSPS) is 14.8. The molecule has 0 fully saturated rings. The molecule has 0 bridgehead atoms.